The van der Waals surface area contributed by atoms with Gasteiger partial charge < -0.3 is 14.0 Å². The van der Waals surface area contributed by atoms with Crippen LogP contribution in [0.2, 0.25) is 0 Å². The van der Waals surface area contributed by atoms with Crippen LogP contribution in [0.5, 0.6) is 11.8 Å². The van der Waals surface area contributed by atoms with Gasteiger partial charge in [-0.3, -0.25) is 0 Å². The topological polar surface area (TPSA) is 73.0 Å². The van der Waals surface area contributed by atoms with Gasteiger partial charge in [0, 0.05) is 17.1 Å². The van der Waals surface area contributed by atoms with Crippen molar-refractivity contribution in [3.05, 3.63) is 83.3 Å². The number of methoxy groups -OCH3 is 1. The van der Waals surface area contributed by atoms with Crippen molar-refractivity contribution in [3.8, 4) is 17.8 Å². The highest BCUT2D eigenvalue weighted by molar-refractivity contribution is 5.81. The van der Waals surface area contributed by atoms with Gasteiger partial charge in [-0.05, 0) is 42.2 Å². The Labute approximate surface area is 188 Å². The van der Waals surface area contributed by atoms with Crippen LogP contribution in [-0.4, -0.2) is 21.6 Å². The molecule has 0 N–H and O–H groups in total. The first-order valence-electron chi connectivity index (χ1n) is 10.7. The number of hydrogen-bond acceptors (Lipinski definition) is 5. The SMILES string of the molecule is COc1nc(CC(C)C)c(OCc2ccccc2)nc1Cn1ccc2cc(C#N)ccc21. The van der Waals surface area contributed by atoms with Crippen molar-refractivity contribution >= 4 is 10.9 Å². The summed E-state index contributed by atoms with van der Waals surface area (Å²) < 4.78 is 13.8. The molecule has 0 fully saturated rings. The second-order valence-corrected chi connectivity index (χ2v) is 8.13. The molecule has 2 aromatic carbocycles. The van der Waals surface area contributed by atoms with Crippen LogP contribution < -0.4 is 9.47 Å². The van der Waals surface area contributed by atoms with E-state index in [9.17, 15) is 0 Å². The van der Waals surface area contributed by atoms with E-state index in [1.54, 1.807) is 7.11 Å². The Morgan fingerprint density at radius 3 is 2.50 bits per heavy atom. The highest BCUT2D eigenvalue weighted by Gasteiger charge is 2.18. The third-order valence-corrected chi connectivity index (χ3v) is 5.20. The predicted molar refractivity (Wildman–Crippen MR) is 124 cm³/mol. The van der Waals surface area contributed by atoms with E-state index >= 15 is 0 Å². The first-order chi connectivity index (χ1) is 15.6. The van der Waals surface area contributed by atoms with Crippen LogP contribution in [0.25, 0.3) is 10.9 Å². The van der Waals surface area contributed by atoms with Crippen LogP contribution in [-0.2, 0) is 19.6 Å². The van der Waals surface area contributed by atoms with Crippen LogP contribution >= 0.6 is 0 Å². The van der Waals surface area contributed by atoms with Gasteiger partial charge in [0.25, 0.3) is 0 Å². The molecule has 0 saturated heterocycles. The zero-order chi connectivity index (χ0) is 22.5. The number of hydrogen-bond donors (Lipinski definition) is 0. The molecule has 4 aromatic rings. The van der Waals surface area contributed by atoms with Crippen LogP contribution in [0.1, 0.15) is 36.4 Å². The van der Waals surface area contributed by atoms with Gasteiger partial charge in [-0.15, -0.1) is 0 Å². The van der Waals surface area contributed by atoms with Gasteiger partial charge in [0.05, 0.1) is 25.3 Å². The lowest BCUT2D eigenvalue weighted by molar-refractivity contribution is 0.282. The summed E-state index contributed by atoms with van der Waals surface area (Å²) in [5.41, 5.74) is 4.23. The van der Waals surface area contributed by atoms with Gasteiger partial charge in [-0.1, -0.05) is 44.2 Å². The van der Waals surface area contributed by atoms with Crippen molar-refractivity contribution in [1.82, 2.24) is 14.5 Å². The number of aromatic nitrogens is 3. The normalized spacial score (nSPS) is 11.0. The molecule has 0 spiro atoms. The lowest BCUT2D eigenvalue weighted by atomic mass is 10.1. The van der Waals surface area contributed by atoms with E-state index in [0.29, 0.717) is 42.1 Å². The van der Waals surface area contributed by atoms with Gasteiger partial charge in [0.2, 0.25) is 11.8 Å². The third-order valence-electron chi connectivity index (χ3n) is 5.20. The fourth-order valence-corrected chi connectivity index (χ4v) is 3.67. The molecule has 4 rings (SSSR count). The molecular formula is C26H26N4O2. The van der Waals surface area contributed by atoms with Crippen molar-refractivity contribution in [1.29, 1.82) is 5.26 Å². The van der Waals surface area contributed by atoms with E-state index < -0.39 is 0 Å². The molecule has 0 aliphatic carbocycles. The Morgan fingerprint density at radius 2 is 1.78 bits per heavy atom. The standard InChI is InChI=1S/C26H26N4O2/c1-18(2)13-22-26(32-17-19-7-5-4-6-8-19)29-23(25(28-22)31-3)16-30-12-11-21-14-20(15-27)9-10-24(21)30/h4-12,14,18H,13,16-17H2,1-3H3. The Morgan fingerprint density at radius 1 is 1.00 bits per heavy atom. The summed E-state index contributed by atoms with van der Waals surface area (Å²) in [7, 11) is 1.62. The number of nitriles is 1. The highest BCUT2D eigenvalue weighted by atomic mass is 16.5. The molecule has 2 heterocycles. The Hall–Kier alpha value is -3.85. The average molecular weight is 427 g/mol. The van der Waals surface area contributed by atoms with Gasteiger partial charge in [0.1, 0.15) is 18.0 Å². The fourth-order valence-electron chi connectivity index (χ4n) is 3.67. The van der Waals surface area contributed by atoms with Gasteiger partial charge in [0.15, 0.2) is 0 Å². The van der Waals surface area contributed by atoms with Crippen molar-refractivity contribution in [2.24, 2.45) is 5.92 Å². The molecule has 0 aliphatic heterocycles. The average Bonchev–Trinajstić information content (AvgIpc) is 3.20. The van der Waals surface area contributed by atoms with Gasteiger partial charge in [-0.2, -0.15) is 5.26 Å². The quantitative estimate of drug-likeness (QED) is 0.390. The van der Waals surface area contributed by atoms with E-state index in [4.69, 9.17) is 24.7 Å². The van der Waals surface area contributed by atoms with Crippen LogP contribution in [0.4, 0.5) is 0 Å². The molecule has 162 valence electrons. The lowest BCUT2D eigenvalue weighted by Crippen LogP contribution is -2.11. The molecule has 0 unspecified atom stereocenters. The van der Waals surface area contributed by atoms with E-state index in [1.165, 1.54) is 0 Å². The number of benzene rings is 2. The maximum absolute atomic E-state index is 9.15. The largest absolute Gasteiger partial charge is 0.480 e. The minimum Gasteiger partial charge on any atom is -0.480 e. The third kappa shape index (κ3) is 4.73. The van der Waals surface area contributed by atoms with Gasteiger partial charge in [-0.25, -0.2) is 9.97 Å². The zero-order valence-electron chi connectivity index (χ0n) is 18.6. The Kier molecular flexibility index (Phi) is 6.37. The van der Waals surface area contributed by atoms with Crippen molar-refractivity contribution < 1.29 is 9.47 Å². The number of ether oxygens (including phenoxy) is 2. The second-order valence-electron chi connectivity index (χ2n) is 8.13. The molecule has 2 aromatic heterocycles. The van der Waals surface area contributed by atoms with Crippen LogP contribution in [0.15, 0.2) is 60.8 Å². The van der Waals surface area contributed by atoms with Crippen molar-refractivity contribution in [3.63, 3.8) is 0 Å². The Bertz CT molecular complexity index is 1260. The smallest absolute Gasteiger partial charge is 0.237 e. The number of rotatable bonds is 8. The predicted octanol–water partition coefficient (Wildman–Crippen LogP) is 5.14. The van der Waals surface area contributed by atoms with E-state index in [-0.39, 0.29) is 0 Å². The fraction of sp³-hybridized carbons (Fsp3) is 0.269. The van der Waals surface area contributed by atoms with E-state index in [1.807, 2.05) is 60.8 Å². The summed E-state index contributed by atoms with van der Waals surface area (Å²) in [6.45, 7) is 5.19. The molecule has 6 heteroatoms. The second kappa shape index (κ2) is 9.52. The van der Waals surface area contributed by atoms with E-state index in [2.05, 4.69) is 24.5 Å². The summed E-state index contributed by atoms with van der Waals surface area (Å²) in [5, 5.41) is 10.2. The molecule has 0 atom stereocenters. The van der Waals surface area contributed by atoms with E-state index in [0.717, 1.165) is 28.6 Å². The van der Waals surface area contributed by atoms with Crippen LogP contribution in [0, 0.1) is 17.2 Å². The molecule has 6 nitrogen and oxygen atoms in total. The minimum absolute atomic E-state index is 0.404. The maximum atomic E-state index is 9.15. The molecular weight excluding hydrogens is 400 g/mol. The lowest BCUT2D eigenvalue weighted by Gasteiger charge is -2.16. The molecule has 0 amide bonds. The molecule has 0 saturated carbocycles. The monoisotopic (exact) mass is 426 g/mol. The summed E-state index contributed by atoms with van der Waals surface area (Å²) in [6, 6.07) is 19.9. The maximum Gasteiger partial charge on any atom is 0.237 e. The first-order valence-corrected chi connectivity index (χ1v) is 10.7. The van der Waals surface area contributed by atoms with Gasteiger partial charge >= 0.3 is 0 Å². The summed E-state index contributed by atoms with van der Waals surface area (Å²) in [4.78, 5) is 9.61. The number of fused-ring (bicyclic) bond motifs is 1. The summed E-state index contributed by atoms with van der Waals surface area (Å²) in [6.07, 6.45) is 2.73. The zero-order valence-corrected chi connectivity index (χ0v) is 18.6. The van der Waals surface area contributed by atoms with Crippen molar-refractivity contribution in [2.45, 2.75) is 33.4 Å². The first kappa shape index (κ1) is 21.4. The molecule has 0 radical (unpaired) electrons. The Balaban J connectivity index is 1.68. The summed E-state index contributed by atoms with van der Waals surface area (Å²) in [5.74, 6) is 1.45. The summed E-state index contributed by atoms with van der Waals surface area (Å²) >= 11 is 0. The van der Waals surface area contributed by atoms with Crippen molar-refractivity contribution in [2.75, 3.05) is 7.11 Å². The molecule has 0 aliphatic rings. The van der Waals surface area contributed by atoms with Crippen LogP contribution in [0.3, 0.4) is 0 Å². The molecule has 32 heavy (non-hydrogen) atoms. The minimum atomic E-state index is 0.404. The highest BCUT2D eigenvalue weighted by Crippen LogP contribution is 2.27. The molecule has 0 bridgehead atoms. The number of nitrogens with zero attached hydrogens (tertiary/aromatic N) is 4.